The number of hydrogen-bond donors (Lipinski definition) is 3. The number of aliphatic hydroxyl groups excluding tert-OH is 1. The van der Waals surface area contributed by atoms with E-state index in [1.54, 1.807) is 0 Å². The van der Waals surface area contributed by atoms with Gasteiger partial charge in [0.15, 0.2) is 0 Å². The number of ether oxygens (including phenoxy) is 1. The highest BCUT2D eigenvalue weighted by molar-refractivity contribution is 7.89. The highest BCUT2D eigenvalue weighted by atomic mass is 32.2. The minimum Gasteiger partial charge on any atom is -0.481 e. The zero-order valence-corrected chi connectivity index (χ0v) is 9.87. The van der Waals surface area contributed by atoms with Crippen molar-refractivity contribution in [1.29, 1.82) is 0 Å². The van der Waals surface area contributed by atoms with E-state index in [0.717, 1.165) is 0 Å². The Kier molecular flexibility index (Phi) is 7.22. The van der Waals surface area contributed by atoms with Crippen LogP contribution in [0.4, 0.5) is 0 Å². The van der Waals surface area contributed by atoms with Crippen LogP contribution in [-0.4, -0.2) is 56.7 Å². The maximum Gasteiger partial charge on any atom is 0.303 e. The van der Waals surface area contributed by atoms with Gasteiger partial charge in [-0.1, -0.05) is 0 Å². The molecule has 0 spiro atoms. The van der Waals surface area contributed by atoms with Crippen molar-refractivity contribution in [3.8, 4) is 0 Å². The lowest BCUT2D eigenvalue weighted by Gasteiger charge is -2.14. The van der Waals surface area contributed by atoms with Crippen LogP contribution in [0.2, 0.25) is 0 Å². The number of carbonyl (C=O) groups is 1. The summed E-state index contributed by atoms with van der Waals surface area (Å²) in [5.74, 6) is -1.31. The molecule has 0 aliphatic rings. The van der Waals surface area contributed by atoms with Crippen molar-refractivity contribution in [1.82, 2.24) is 4.72 Å². The molecule has 0 saturated carbocycles. The molecule has 0 heterocycles. The van der Waals surface area contributed by atoms with Gasteiger partial charge in [-0.25, -0.2) is 13.1 Å². The lowest BCUT2D eigenvalue weighted by Crippen LogP contribution is -2.41. The van der Waals surface area contributed by atoms with E-state index >= 15 is 0 Å². The van der Waals surface area contributed by atoms with Gasteiger partial charge in [0, 0.05) is 13.5 Å². The molecule has 0 rings (SSSR count). The van der Waals surface area contributed by atoms with E-state index in [1.165, 1.54) is 7.11 Å². The van der Waals surface area contributed by atoms with Gasteiger partial charge >= 0.3 is 5.97 Å². The van der Waals surface area contributed by atoms with Crippen LogP contribution >= 0.6 is 0 Å². The number of hydrogen-bond acceptors (Lipinski definition) is 5. The van der Waals surface area contributed by atoms with Crippen molar-refractivity contribution >= 4 is 16.0 Å². The molecule has 0 aliphatic carbocycles. The monoisotopic (exact) mass is 255 g/mol. The fourth-order valence-electron chi connectivity index (χ4n) is 1.05. The predicted molar refractivity (Wildman–Crippen MR) is 56.5 cm³/mol. The van der Waals surface area contributed by atoms with Crippen LogP contribution in [0.25, 0.3) is 0 Å². The largest absolute Gasteiger partial charge is 0.481 e. The second kappa shape index (κ2) is 7.55. The molecule has 1 unspecified atom stereocenters. The molecule has 0 aromatic rings. The molecule has 3 N–H and O–H groups in total. The molecule has 1 atom stereocenters. The minimum absolute atomic E-state index is 0.0375. The smallest absolute Gasteiger partial charge is 0.303 e. The van der Waals surface area contributed by atoms with Crippen LogP contribution in [-0.2, 0) is 19.6 Å². The zero-order chi connectivity index (χ0) is 12.6. The Morgan fingerprint density at radius 3 is 2.56 bits per heavy atom. The third kappa shape index (κ3) is 7.57. The molecule has 16 heavy (non-hydrogen) atoms. The first-order chi connectivity index (χ1) is 7.41. The van der Waals surface area contributed by atoms with Crippen molar-refractivity contribution in [3.63, 3.8) is 0 Å². The van der Waals surface area contributed by atoms with Crippen molar-refractivity contribution in [2.24, 2.45) is 0 Å². The molecular weight excluding hydrogens is 238 g/mol. The third-order valence-electron chi connectivity index (χ3n) is 1.74. The summed E-state index contributed by atoms with van der Waals surface area (Å²) < 4.78 is 29.7. The van der Waals surface area contributed by atoms with Gasteiger partial charge in [0.05, 0.1) is 25.0 Å². The summed E-state index contributed by atoms with van der Waals surface area (Å²) in [6.45, 7) is -0.305. The molecule has 8 heteroatoms. The summed E-state index contributed by atoms with van der Waals surface area (Å²) in [4.78, 5) is 10.2. The minimum atomic E-state index is -3.56. The number of aliphatic carboxylic acids is 1. The maximum absolute atomic E-state index is 11.4. The van der Waals surface area contributed by atoms with Gasteiger partial charge in [0.25, 0.3) is 0 Å². The second-order valence-corrected chi connectivity index (χ2v) is 5.14. The van der Waals surface area contributed by atoms with Crippen LogP contribution in [0.5, 0.6) is 0 Å². The maximum atomic E-state index is 11.4. The summed E-state index contributed by atoms with van der Waals surface area (Å²) in [5, 5.41) is 17.2. The van der Waals surface area contributed by atoms with Gasteiger partial charge < -0.3 is 14.9 Å². The number of sulfonamides is 1. The molecule has 0 amide bonds. The molecule has 0 fully saturated rings. The average molecular weight is 255 g/mol. The molecule has 0 aromatic carbocycles. The molecule has 0 radical (unpaired) electrons. The Morgan fingerprint density at radius 1 is 1.50 bits per heavy atom. The van der Waals surface area contributed by atoms with Crippen molar-refractivity contribution in [2.45, 2.75) is 18.9 Å². The lowest BCUT2D eigenvalue weighted by atomic mass is 10.3. The van der Waals surface area contributed by atoms with E-state index in [2.05, 4.69) is 4.72 Å². The number of carboxylic acid groups (broad SMARTS) is 1. The fraction of sp³-hybridized carbons (Fsp3) is 0.875. The van der Waals surface area contributed by atoms with Crippen molar-refractivity contribution < 1.29 is 28.2 Å². The van der Waals surface area contributed by atoms with E-state index in [0.29, 0.717) is 0 Å². The Hall–Kier alpha value is -0.700. The van der Waals surface area contributed by atoms with E-state index < -0.39 is 22.0 Å². The zero-order valence-electron chi connectivity index (χ0n) is 9.05. The van der Waals surface area contributed by atoms with Crippen LogP contribution in [0, 0.1) is 0 Å². The molecular formula is C8H17NO6S. The molecule has 7 nitrogen and oxygen atoms in total. The summed E-state index contributed by atoms with van der Waals surface area (Å²) in [7, 11) is -2.17. The quantitative estimate of drug-likeness (QED) is 0.476. The van der Waals surface area contributed by atoms with E-state index in [1.807, 2.05) is 0 Å². The SMILES string of the molecule is COCC(CO)NS(=O)(=O)CCCC(=O)O. The number of methoxy groups -OCH3 is 1. The van der Waals surface area contributed by atoms with Crippen molar-refractivity contribution in [2.75, 3.05) is 26.1 Å². The number of rotatable bonds is 9. The Balaban J connectivity index is 4.07. The molecule has 0 aliphatic heterocycles. The first-order valence-corrected chi connectivity index (χ1v) is 6.38. The van der Waals surface area contributed by atoms with Gasteiger partial charge in [-0.15, -0.1) is 0 Å². The van der Waals surface area contributed by atoms with Gasteiger partial charge in [-0.2, -0.15) is 0 Å². The first kappa shape index (κ1) is 15.3. The predicted octanol–water partition coefficient (Wildman–Crippen LogP) is -1.22. The summed E-state index contributed by atoms with van der Waals surface area (Å²) in [6.07, 6.45) is -0.162. The number of carboxylic acids is 1. The van der Waals surface area contributed by atoms with E-state index in [9.17, 15) is 13.2 Å². The third-order valence-corrected chi connectivity index (χ3v) is 3.26. The van der Waals surface area contributed by atoms with Gasteiger partial charge in [0.1, 0.15) is 0 Å². The molecule has 96 valence electrons. The van der Waals surface area contributed by atoms with E-state index in [4.69, 9.17) is 14.9 Å². The highest BCUT2D eigenvalue weighted by Gasteiger charge is 2.17. The fourth-order valence-corrected chi connectivity index (χ4v) is 2.34. The van der Waals surface area contributed by atoms with Crippen LogP contribution in [0.3, 0.4) is 0 Å². The first-order valence-electron chi connectivity index (χ1n) is 4.73. The lowest BCUT2D eigenvalue weighted by molar-refractivity contribution is -0.137. The number of aliphatic hydroxyl groups is 1. The Labute approximate surface area is 94.5 Å². The summed E-state index contributed by atoms with van der Waals surface area (Å²) >= 11 is 0. The highest BCUT2D eigenvalue weighted by Crippen LogP contribution is 1.97. The molecule has 0 saturated heterocycles. The van der Waals surface area contributed by atoms with E-state index in [-0.39, 0.29) is 31.8 Å². The molecule has 0 aromatic heterocycles. The normalized spacial score (nSPS) is 13.6. The molecule has 0 bridgehead atoms. The van der Waals surface area contributed by atoms with Crippen LogP contribution < -0.4 is 4.72 Å². The van der Waals surface area contributed by atoms with Gasteiger partial charge in [-0.3, -0.25) is 4.79 Å². The average Bonchev–Trinajstić information content (AvgIpc) is 2.15. The van der Waals surface area contributed by atoms with Gasteiger partial charge in [0.2, 0.25) is 10.0 Å². The summed E-state index contributed by atoms with van der Waals surface area (Å²) in [6, 6.07) is -0.695. The second-order valence-electron chi connectivity index (χ2n) is 3.27. The Bertz CT molecular complexity index is 302. The topological polar surface area (TPSA) is 113 Å². The number of nitrogens with one attached hydrogen (secondary N) is 1. The Morgan fingerprint density at radius 2 is 2.12 bits per heavy atom. The van der Waals surface area contributed by atoms with Gasteiger partial charge in [-0.05, 0) is 6.42 Å². The summed E-state index contributed by atoms with van der Waals surface area (Å²) in [5.41, 5.74) is 0. The van der Waals surface area contributed by atoms with Crippen LogP contribution in [0.1, 0.15) is 12.8 Å². The standard InChI is InChI=1S/C8H17NO6S/c1-15-6-7(5-10)9-16(13,14)4-2-3-8(11)12/h7,9-10H,2-6H2,1H3,(H,11,12). The van der Waals surface area contributed by atoms with Crippen LogP contribution in [0.15, 0.2) is 0 Å². The van der Waals surface area contributed by atoms with Crippen molar-refractivity contribution in [3.05, 3.63) is 0 Å².